The van der Waals surface area contributed by atoms with Crippen molar-refractivity contribution in [3.05, 3.63) is 265 Å². The first-order valence-electron chi connectivity index (χ1n) is 22.0. The normalized spacial score (nSPS) is 14.4. The topological polar surface area (TPSA) is 17.4 Å². The molecule has 1 atom stereocenters. The first-order chi connectivity index (χ1) is 31.8. The number of hydrogen-bond acceptors (Lipinski definition) is 2. The molecule has 1 spiro atoms. The minimum atomic E-state index is -0.643. The molecule has 0 amide bonds. The van der Waals surface area contributed by atoms with Crippen LogP contribution in [0.15, 0.2) is 243 Å². The monoisotopic (exact) mass is 816 g/mol. The van der Waals surface area contributed by atoms with Crippen molar-refractivity contribution in [2.75, 3.05) is 4.90 Å². The van der Waals surface area contributed by atoms with Crippen molar-refractivity contribution in [2.45, 2.75) is 5.41 Å². The van der Waals surface area contributed by atoms with Gasteiger partial charge in [0.2, 0.25) is 0 Å². The Morgan fingerprint density at radius 2 is 0.938 bits per heavy atom. The zero-order valence-corrected chi connectivity index (χ0v) is 34.9. The van der Waals surface area contributed by atoms with E-state index >= 15 is 0 Å². The van der Waals surface area contributed by atoms with Gasteiger partial charge in [-0.25, -0.2) is 0 Å². The van der Waals surface area contributed by atoms with Crippen LogP contribution < -0.4 is 9.64 Å². The van der Waals surface area contributed by atoms with Gasteiger partial charge >= 0.3 is 0 Å². The van der Waals surface area contributed by atoms with E-state index in [1.807, 2.05) is 0 Å². The maximum absolute atomic E-state index is 6.94. The number of para-hydroxylation sites is 4. The summed E-state index contributed by atoms with van der Waals surface area (Å²) in [5, 5.41) is 2.45. The van der Waals surface area contributed by atoms with Crippen LogP contribution in [0.5, 0.6) is 11.5 Å². The lowest BCUT2D eigenvalue weighted by Crippen LogP contribution is -2.32. The highest BCUT2D eigenvalue weighted by molar-refractivity contribution is 6.10. The average Bonchev–Trinajstić information content (AvgIpc) is 3.85. The van der Waals surface area contributed by atoms with Gasteiger partial charge in [-0.15, -0.1) is 0 Å². The van der Waals surface area contributed by atoms with Crippen molar-refractivity contribution in [1.29, 1.82) is 0 Å². The van der Waals surface area contributed by atoms with Gasteiger partial charge < -0.3 is 14.2 Å². The molecule has 1 aliphatic carbocycles. The Hall–Kier alpha value is -8.40. The van der Waals surface area contributed by atoms with Crippen molar-refractivity contribution in [2.24, 2.45) is 0 Å². The highest BCUT2D eigenvalue weighted by Gasteiger charge is 2.51. The minimum absolute atomic E-state index is 0.643. The van der Waals surface area contributed by atoms with Crippen LogP contribution in [0.4, 0.5) is 17.1 Å². The van der Waals surface area contributed by atoms with Crippen molar-refractivity contribution in [1.82, 2.24) is 4.57 Å². The fourth-order valence-electron chi connectivity index (χ4n) is 10.8. The molecule has 1 aromatic heterocycles. The summed E-state index contributed by atoms with van der Waals surface area (Å²) in [5.41, 5.74) is 17.9. The van der Waals surface area contributed by atoms with Crippen LogP contribution in [-0.4, -0.2) is 4.57 Å². The largest absolute Gasteiger partial charge is 0.457 e. The quantitative estimate of drug-likeness (QED) is 0.166. The number of nitrogens with zero attached hydrogens (tertiary/aromatic N) is 2. The number of rotatable bonds is 6. The third kappa shape index (κ3) is 5.34. The summed E-state index contributed by atoms with van der Waals surface area (Å²) in [7, 11) is 0. The number of fused-ring (bicyclic) bond motifs is 12. The van der Waals surface area contributed by atoms with E-state index in [0.717, 1.165) is 73.1 Å². The molecule has 300 valence electrons. The molecule has 2 heterocycles. The molecule has 3 nitrogen and oxygen atoms in total. The molecule has 0 saturated heterocycles. The van der Waals surface area contributed by atoms with Gasteiger partial charge in [-0.05, 0) is 99.6 Å². The van der Waals surface area contributed by atoms with E-state index < -0.39 is 5.41 Å². The maximum atomic E-state index is 6.94. The van der Waals surface area contributed by atoms with Gasteiger partial charge in [0, 0.05) is 44.5 Å². The smallest absolute Gasteiger partial charge is 0.132 e. The third-order valence-electron chi connectivity index (χ3n) is 13.5. The van der Waals surface area contributed by atoms with Crippen molar-refractivity contribution >= 4 is 38.9 Å². The van der Waals surface area contributed by atoms with E-state index in [-0.39, 0.29) is 0 Å². The van der Waals surface area contributed by atoms with Gasteiger partial charge in [0.15, 0.2) is 0 Å². The second kappa shape index (κ2) is 14.3. The number of ether oxygens (including phenoxy) is 1. The van der Waals surface area contributed by atoms with Crippen LogP contribution >= 0.6 is 0 Å². The summed E-state index contributed by atoms with van der Waals surface area (Å²) in [4.78, 5) is 2.47. The molecule has 0 fully saturated rings. The molecule has 0 bridgehead atoms. The minimum Gasteiger partial charge on any atom is -0.457 e. The van der Waals surface area contributed by atoms with Crippen molar-refractivity contribution in [3.63, 3.8) is 0 Å². The molecule has 13 rings (SSSR count). The third-order valence-corrected chi connectivity index (χ3v) is 13.5. The van der Waals surface area contributed by atoms with Crippen LogP contribution in [0.1, 0.15) is 22.3 Å². The van der Waals surface area contributed by atoms with Gasteiger partial charge in [0.05, 0.1) is 22.1 Å². The zero-order chi connectivity index (χ0) is 42.2. The van der Waals surface area contributed by atoms with E-state index in [1.165, 1.54) is 38.5 Å². The molecular weight excluding hydrogens is 777 g/mol. The number of anilines is 3. The lowest BCUT2D eigenvalue weighted by atomic mass is 9.66. The second-order valence-electron chi connectivity index (χ2n) is 16.8. The Kier molecular flexibility index (Phi) is 8.13. The molecule has 11 aromatic rings. The fourth-order valence-corrected chi connectivity index (χ4v) is 10.8. The van der Waals surface area contributed by atoms with E-state index in [2.05, 4.69) is 252 Å². The average molecular weight is 817 g/mol. The van der Waals surface area contributed by atoms with Crippen LogP contribution in [0, 0.1) is 0 Å². The predicted molar refractivity (Wildman–Crippen MR) is 264 cm³/mol. The molecule has 3 heteroatoms. The Bertz CT molecular complexity index is 3590. The highest BCUT2D eigenvalue weighted by Crippen LogP contribution is 2.63. The summed E-state index contributed by atoms with van der Waals surface area (Å²) in [5.74, 6) is 1.75. The van der Waals surface area contributed by atoms with Gasteiger partial charge in [0.1, 0.15) is 11.5 Å². The van der Waals surface area contributed by atoms with Crippen LogP contribution in [0.25, 0.3) is 60.9 Å². The molecular formula is C61H40N2O. The molecule has 0 N–H and O–H groups in total. The molecule has 64 heavy (non-hydrogen) atoms. The lowest BCUT2D eigenvalue weighted by Gasteiger charge is -2.40. The maximum Gasteiger partial charge on any atom is 0.132 e. The zero-order valence-electron chi connectivity index (χ0n) is 34.9. The van der Waals surface area contributed by atoms with Gasteiger partial charge in [0.25, 0.3) is 0 Å². The lowest BCUT2D eigenvalue weighted by molar-refractivity contribution is 0.436. The summed E-state index contributed by atoms with van der Waals surface area (Å²) in [6.45, 7) is 0. The van der Waals surface area contributed by atoms with Crippen LogP contribution in [0.3, 0.4) is 0 Å². The Morgan fingerprint density at radius 1 is 0.344 bits per heavy atom. The first-order valence-corrected chi connectivity index (χ1v) is 22.0. The molecule has 2 aliphatic rings. The number of aromatic nitrogens is 1. The summed E-state index contributed by atoms with van der Waals surface area (Å²) in [6.07, 6.45) is 0. The molecule has 1 unspecified atom stereocenters. The number of benzene rings is 10. The predicted octanol–water partition coefficient (Wildman–Crippen LogP) is 16.1. The fraction of sp³-hybridized carbons (Fsp3) is 0.0164. The summed E-state index contributed by atoms with van der Waals surface area (Å²) < 4.78 is 9.34. The van der Waals surface area contributed by atoms with Crippen molar-refractivity contribution < 1.29 is 4.74 Å². The molecule has 1 aliphatic heterocycles. The second-order valence-corrected chi connectivity index (χ2v) is 16.8. The van der Waals surface area contributed by atoms with Crippen molar-refractivity contribution in [3.8, 4) is 50.6 Å². The van der Waals surface area contributed by atoms with E-state index in [9.17, 15) is 0 Å². The molecule has 0 radical (unpaired) electrons. The summed E-state index contributed by atoms with van der Waals surface area (Å²) >= 11 is 0. The Balaban J connectivity index is 1.10. The number of hydrogen-bond donors (Lipinski definition) is 0. The van der Waals surface area contributed by atoms with Gasteiger partial charge in [-0.2, -0.15) is 0 Å². The summed E-state index contributed by atoms with van der Waals surface area (Å²) in [6, 6.07) is 88.2. The van der Waals surface area contributed by atoms with E-state index in [1.54, 1.807) is 0 Å². The highest BCUT2D eigenvalue weighted by atomic mass is 16.5. The van der Waals surface area contributed by atoms with E-state index in [0.29, 0.717) is 0 Å². The van der Waals surface area contributed by atoms with Gasteiger partial charge in [-0.1, -0.05) is 182 Å². The Morgan fingerprint density at radius 3 is 1.77 bits per heavy atom. The van der Waals surface area contributed by atoms with Crippen LogP contribution in [-0.2, 0) is 5.41 Å². The first kappa shape index (κ1) is 36.3. The molecule has 10 aromatic carbocycles. The standard InChI is InChI=1S/C61H40N2O/c1-4-18-41(19-5-1)43-32-37-54-60(38-43)64-59-31-17-14-28-53(59)61(54)52-27-13-10-25-48(52)49-35-33-45(39-55(49)61)62(56-29-15-11-24-47(56)42-20-6-2-7-21-42)46-34-36-51-50-26-12-16-30-57(50)63(58(51)40-46)44-22-8-3-9-23-44/h1-40H. The SMILES string of the molecule is c1ccc(-c2ccc3c(c2)Oc2ccccc2C32c3ccccc3-c3ccc(N(c4ccc5c6ccccc6n(-c6ccccc6)c5c4)c4ccccc4-c4ccccc4)cc32)cc1. The molecule has 0 saturated carbocycles. The Labute approximate surface area is 372 Å². The van der Waals surface area contributed by atoms with Crippen LogP contribution in [0.2, 0.25) is 0 Å². The van der Waals surface area contributed by atoms with Gasteiger partial charge in [-0.3, -0.25) is 0 Å². The van der Waals surface area contributed by atoms with E-state index in [4.69, 9.17) is 4.74 Å².